The Morgan fingerprint density at radius 2 is 2.04 bits per heavy atom. The van der Waals surface area contributed by atoms with E-state index in [9.17, 15) is 0 Å². The summed E-state index contributed by atoms with van der Waals surface area (Å²) in [4.78, 5) is 0. The van der Waals surface area contributed by atoms with Crippen LogP contribution < -0.4 is 9.47 Å². The lowest BCUT2D eigenvalue weighted by Crippen LogP contribution is -2.21. The third kappa shape index (κ3) is 3.45. The van der Waals surface area contributed by atoms with Crippen LogP contribution in [-0.2, 0) is 4.74 Å². The number of hydrogen-bond acceptors (Lipinski definition) is 7. The van der Waals surface area contributed by atoms with Crippen molar-refractivity contribution < 1.29 is 18.6 Å². The highest BCUT2D eigenvalue weighted by Gasteiger charge is 2.27. The quantitative estimate of drug-likeness (QED) is 0.795. The van der Waals surface area contributed by atoms with E-state index in [1.165, 1.54) is 18.2 Å². The van der Waals surface area contributed by atoms with Gasteiger partial charge in [0.2, 0.25) is 6.10 Å². The zero-order valence-corrected chi connectivity index (χ0v) is 13.5. The highest BCUT2D eigenvalue weighted by Crippen LogP contribution is 2.36. The molecular formula is C16H18N2O4S. The number of nitrogens with zero attached hydrogens (tertiary/aromatic N) is 2. The summed E-state index contributed by atoms with van der Waals surface area (Å²) < 4.78 is 23.0. The molecule has 0 N–H and O–H groups in total. The monoisotopic (exact) mass is 334 g/mol. The first-order valence-electron chi connectivity index (χ1n) is 7.85. The molecule has 0 amide bonds. The fourth-order valence-corrected chi connectivity index (χ4v) is 3.49. The Morgan fingerprint density at radius 1 is 1.13 bits per heavy atom. The summed E-state index contributed by atoms with van der Waals surface area (Å²) in [6.07, 6.45) is 3.41. The average molecular weight is 334 g/mol. The maximum absolute atomic E-state index is 5.87. The first-order chi connectivity index (χ1) is 11.4. The molecule has 1 aromatic carbocycles. The molecule has 23 heavy (non-hydrogen) atoms. The molecule has 0 unspecified atom stereocenters. The van der Waals surface area contributed by atoms with E-state index in [0.29, 0.717) is 23.5 Å². The van der Waals surface area contributed by atoms with Crippen molar-refractivity contribution in [2.24, 2.45) is 0 Å². The van der Waals surface area contributed by atoms with Crippen LogP contribution in [0.3, 0.4) is 0 Å². The van der Waals surface area contributed by atoms with Crippen LogP contribution in [0.2, 0.25) is 0 Å². The predicted octanol–water partition coefficient (Wildman–Crippen LogP) is 3.24. The third-order valence-corrected chi connectivity index (χ3v) is 4.82. The normalized spacial score (nSPS) is 23.7. The largest absolute Gasteiger partial charge is 0.485 e. The molecular weight excluding hydrogens is 316 g/mol. The van der Waals surface area contributed by atoms with E-state index >= 15 is 0 Å². The second-order valence-corrected chi connectivity index (χ2v) is 6.54. The number of para-hydroxylation sites is 2. The van der Waals surface area contributed by atoms with Crippen LogP contribution in [0.1, 0.15) is 31.3 Å². The van der Waals surface area contributed by atoms with Gasteiger partial charge in [-0.2, -0.15) is 0 Å². The van der Waals surface area contributed by atoms with Crippen LogP contribution >= 0.6 is 11.8 Å². The summed E-state index contributed by atoms with van der Waals surface area (Å²) in [5.41, 5.74) is 0. The minimum absolute atomic E-state index is 0.283. The first kappa shape index (κ1) is 14.8. The molecule has 0 aliphatic carbocycles. The lowest BCUT2D eigenvalue weighted by Gasteiger charge is -2.23. The van der Waals surface area contributed by atoms with E-state index in [-0.39, 0.29) is 12.2 Å². The highest BCUT2D eigenvalue weighted by atomic mass is 32.2. The summed E-state index contributed by atoms with van der Waals surface area (Å²) in [5.74, 6) is 2.73. The zero-order valence-electron chi connectivity index (χ0n) is 12.6. The van der Waals surface area contributed by atoms with Gasteiger partial charge in [0.05, 0.1) is 6.10 Å². The van der Waals surface area contributed by atoms with Crippen molar-refractivity contribution in [3.8, 4) is 11.5 Å². The molecule has 4 rings (SSSR count). The van der Waals surface area contributed by atoms with Crippen LogP contribution in [0.15, 0.2) is 33.9 Å². The van der Waals surface area contributed by atoms with Crippen LogP contribution in [0.4, 0.5) is 0 Å². The molecule has 2 atom stereocenters. The summed E-state index contributed by atoms with van der Waals surface area (Å²) in [6, 6.07) is 7.57. The standard InChI is InChI=1S/C16H18N2O4S/c1-2-7-13-12(6-1)20-9-14(21-13)15-17-18-16(22-15)23-10-11-5-3-4-8-19-11/h1-2,6-7,11,14H,3-5,8-10H2/t11-,14-/m0/s1. The molecule has 2 aliphatic heterocycles. The fraction of sp³-hybridized carbons (Fsp3) is 0.500. The van der Waals surface area contributed by atoms with Crippen LogP contribution in [0.5, 0.6) is 11.5 Å². The molecule has 6 nitrogen and oxygen atoms in total. The van der Waals surface area contributed by atoms with Gasteiger partial charge < -0.3 is 18.6 Å². The Balaban J connectivity index is 1.36. The average Bonchev–Trinajstić information content (AvgIpc) is 3.09. The zero-order chi connectivity index (χ0) is 15.5. The summed E-state index contributed by atoms with van der Waals surface area (Å²) in [7, 11) is 0. The molecule has 1 aromatic heterocycles. The van der Waals surface area contributed by atoms with Crippen molar-refractivity contribution in [2.45, 2.75) is 36.7 Å². The minimum atomic E-state index is -0.363. The van der Waals surface area contributed by atoms with Crippen LogP contribution in [0.25, 0.3) is 0 Å². The molecule has 3 heterocycles. The van der Waals surface area contributed by atoms with E-state index < -0.39 is 0 Å². The lowest BCUT2D eigenvalue weighted by atomic mass is 10.1. The molecule has 1 saturated heterocycles. The number of ether oxygens (including phenoxy) is 3. The molecule has 2 aliphatic rings. The molecule has 0 radical (unpaired) electrons. The summed E-state index contributed by atoms with van der Waals surface area (Å²) in [6.45, 7) is 1.22. The van der Waals surface area contributed by atoms with Gasteiger partial charge >= 0.3 is 0 Å². The molecule has 0 spiro atoms. The Hall–Kier alpha value is -1.73. The van der Waals surface area contributed by atoms with Gasteiger partial charge in [-0.1, -0.05) is 23.9 Å². The van der Waals surface area contributed by atoms with Crippen molar-refractivity contribution in [2.75, 3.05) is 19.0 Å². The van der Waals surface area contributed by atoms with Crippen molar-refractivity contribution >= 4 is 11.8 Å². The lowest BCUT2D eigenvalue weighted by molar-refractivity contribution is 0.0314. The number of thioether (sulfide) groups is 1. The van der Waals surface area contributed by atoms with Crippen molar-refractivity contribution in [3.05, 3.63) is 30.2 Å². The van der Waals surface area contributed by atoms with Crippen molar-refractivity contribution in [1.82, 2.24) is 10.2 Å². The number of benzene rings is 1. The molecule has 2 aromatic rings. The molecule has 7 heteroatoms. The van der Waals surface area contributed by atoms with Crippen LogP contribution in [-0.4, -0.2) is 35.3 Å². The van der Waals surface area contributed by atoms with Gasteiger partial charge in [0.15, 0.2) is 11.5 Å². The van der Waals surface area contributed by atoms with Gasteiger partial charge in [-0.3, -0.25) is 0 Å². The number of rotatable bonds is 4. The summed E-state index contributed by atoms with van der Waals surface area (Å²) >= 11 is 1.54. The SMILES string of the molecule is c1ccc2c(c1)OC[C@@H](c1nnc(SC[C@@H]3CCCCO3)o1)O2. The van der Waals surface area contributed by atoms with Gasteiger partial charge in [-0.15, -0.1) is 10.2 Å². The Labute approximate surface area is 138 Å². The van der Waals surface area contributed by atoms with Crippen molar-refractivity contribution in [1.29, 1.82) is 0 Å². The van der Waals surface area contributed by atoms with Gasteiger partial charge in [-0.25, -0.2) is 0 Å². The van der Waals surface area contributed by atoms with Gasteiger partial charge in [0, 0.05) is 12.4 Å². The van der Waals surface area contributed by atoms with E-state index in [1.807, 2.05) is 24.3 Å². The van der Waals surface area contributed by atoms with E-state index in [1.54, 1.807) is 0 Å². The van der Waals surface area contributed by atoms with E-state index in [2.05, 4.69) is 10.2 Å². The van der Waals surface area contributed by atoms with Gasteiger partial charge in [0.25, 0.3) is 11.1 Å². The second-order valence-electron chi connectivity index (χ2n) is 5.57. The van der Waals surface area contributed by atoms with E-state index in [4.69, 9.17) is 18.6 Å². The summed E-state index contributed by atoms with van der Waals surface area (Å²) in [5, 5.41) is 8.73. The van der Waals surface area contributed by atoms with Gasteiger partial charge in [0.1, 0.15) is 6.61 Å². The number of aromatic nitrogens is 2. The number of fused-ring (bicyclic) bond motifs is 1. The van der Waals surface area contributed by atoms with Crippen molar-refractivity contribution in [3.63, 3.8) is 0 Å². The minimum Gasteiger partial charge on any atom is -0.485 e. The first-order valence-corrected chi connectivity index (χ1v) is 8.83. The Bertz CT molecular complexity index is 657. The van der Waals surface area contributed by atoms with Crippen LogP contribution in [0, 0.1) is 0 Å². The third-order valence-electron chi connectivity index (χ3n) is 3.87. The fourth-order valence-electron chi connectivity index (χ4n) is 2.65. The molecule has 0 bridgehead atoms. The maximum atomic E-state index is 5.87. The maximum Gasteiger partial charge on any atom is 0.276 e. The van der Waals surface area contributed by atoms with E-state index in [0.717, 1.165) is 31.0 Å². The highest BCUT2D eigenvalue weighted by molar-refractivity contribution is 7.99. The molecule has 1 fully saturated rings. The predicted molar refractivity (Wildman–Crippen MR) is 83.9 cm³/mol. The topological polar surface area (TPSA) is 66.6 Å². The smallest absolute Gasteiger partial charge is 0.276 e. The Kier molecular flexibility index (Phi) is 4.39. The number of hydrogen-bond donors (Lipinski definition) is 0. The molecule has 0 saturated carbocycles. The molecule has 122 valence electrons. The van der Waals surface area contributed by atoms with Gasteiger partial charge in [-0.05, 0) is 31.4 Å². The second kappa shape index (κ2) is 6.80. The Morgan fingerprint density at radius 3 is 2.91 bits per heavy atom.